The van der Waals surface area contributed by atoms with Crippen LogP contribution in [0.3, 0.4) is 0 Å². The van der Waals surface area contributed by atoms with E-state index < -0.39 is 5.60 Å². The average Bonchev–Trinajstić information content (AvgIpc) is 2.88. The predicted octanol–water partition coefficient (Wildman–Crippen LogP) is 1.76. The summed E-state index contributed by atoms with van der Waals surface area (Å²) in [7, 11) is 1.57. The molecule has 2 amide bonds. The van der Waals surface area contributed by atoms with Crippen LogP contribution in [0.2, 0.25) is 0 Å². The van der Waals surface area contributed by atoms with Crippen LogP contribution in [0.1, 0.15) is 28.5 Å². The topological polar surface area (TPSA) is 74.4 Å². The van der Waals surface area contributed by atoms with Crippen molar-refractivity contribution in [3.8, 4) is 0 Å². The highest BCUT2D eigenvalue weighted by atomic mass is 16.5. The molecule has 24 heavy (non-hydrogen) atoms. The summed E-state index contributed by atoms with van der Waals surface area (Å²) in [4.78, 5) is 30.2. The summed E-state index contributed by atoms with van der Waals surface area (Å²) >= 11 is 0. The number of hydrogen-bond donors (Lipinski definition) is 2. The standard InChI is InChI=1S/C18H23N3O3/c1-11-12(2)20-14-7-5-6-13(15(11)14)16(22)21-8-9-24-18(3,10-21)17(23)19-4/h5-7,20H,8-10H2,1-4H3,(H,19,23)/t18-/m1/s1. The zero-order valence-electron chi connectivity index (χ0n) is 14.5. The van der Waals surface area contributed by atoms with Gasteiger partial charge in [-0.25, -0.2) is 0 Å². The maximum atomic E-state index is 13.1. The number of rotatable bonds is 2. The number of aryl methyl sites for hydroxylation is 2. The van der Waals surface area contributed by atoms with Crippen LogP contribution in [-0.4, -0.2) is 54.0 Å². The summed E-state index contributed by atoms with van der Waals surface area (Å²) in [6.45, 7) is 6.79. The molecule has 1 aromatic carbocycles. The number of nitrogens with zero attached hydrogens (tertiary/aromatic N) is 1. The van der Waals surface area contributed by atoms with E-state index in [1.54, 1.807) is 18.9 Å². The molecule has 1 aromatic heterocycles. The Morgan fingerprint density at radius 3 is 2.79 bits per heavy atom. The fourth-order valence-electron chi connectivity index (χ4n) is 3.34. The Morgan fingerprint density at radius 1 is 1.33 bits per heavy atom. The molecule has 1 saturated heterocycles. The lowest BCUT2D eigenvalue weighted by atomic mass is 10.0. The average molecular weight is 329 g/mol. The third kappa shape index (κ3) is 2.57. The van der Waals surface area contributed by atoms with Gasteiger partial charge in [-0.1, -0.05) is 6.07 Å². The Bertz CT molecular complexity index is 811. The molecule has 2 heterocycles. The van der Waals surface area contributed by atoms with Crippen LogP contribution in [0.5, 0.6) is 0 Å². The van der Waals surface area contributed by atoms with E-state index in [1.165, 1.54) is 0 Å². The SMILES string of the molecule is CNC(=O)[C@@]1(C)CN(C(=O)c2cccc3[nH]c(C)c(C)c23)CCO1. The van der Waals surface area contributed by atoms with E-state index in [-0.39, 0.29) is 18.4 Å². The Morgan fingerprint density at radius 2 is 2.08 bits per heavy atom. The van der Waals surface area contributed by atoms with E-state index in [4.69, 9.17) is 4.74 Å². The number of aromatic amines is 1. The van der Waals surface area contributed by atoms with E-state index in [0.29, 0.717) is 18.7 Å². The molecule has 6 nitrogen and oxygen atoms in total. The summed E-state index contributed by atoms with van der Waals surface area (Å²) in [5.41, 5.74) is 2.74. The monoisotopic (exact) mass is 329 g/mol. The number of fused-ring (bicyclic) bond motifs is 1. The molecule has 3 rings (SSSR count). The molecule has 2 N–H and O–H groups in total. The number of amides is 2. The number of hydrogen-bond acceptors (Lipinski definition) is 3. The number of ether oxygens (including phenoxy) is 1. The molecule has 0 unspecified atom stereocenters. The summed E-state index contributed by atoms with van der Waals surface area (Å²) in [6, 6.07) is 5.70. The van der Waals surface area contributed by atoms with Crippen molar-refractivity contribution in [2.24, 2.45) is 0 Å². The summed E-state index contributed by atoms with van der Waals surface area (Å²) in [5.74, 6) is -0.284. The second-order valence-electron chi connectivity index (χ2n) is 6.49. The van der Waals surface area contributed by atoms with Crippen LogP contribution < -0.4 is 5.32 Å². The fraction of sp³-hybridized carbons (Fsp3) is 0.444. The zero-order valence-corrected chi connectivity index (χ0v) is 14.5. The lowest BCUT2D eigenvalue weighted by molar-refractivity contribution is -0.153. The minimum atomic E-state index is -1.01. The highest BCUT2D eigenvalue weighted by Gasteiger charge is 2.40. The molecule has 1 aliphatic rings. The van der Waals surface area contributed by atoms with Gasteiger partial charge in [0.05, 0.1) is 13.2 Å². The molecule has 0 radical (unpaired) electrons. The first kappa shape index (κ1) is 16.5. The Hall–Kier alpha value is -2.34. The second kappa shape index (κ2) is 5.94. The Kier molecular flexibility index (Phi) is 4.09. The number of carbonyl (C=O) groups is 2. The predicted molar refractivity (Wildman–Crippen MR) is 92.1 cm³/mol. The van der Waals surface area contributed by atoms with Crippen LogP contribution in [0, 0.1) is 13.8 Å². The lowest BCUT2D eigenvalue weighted by Crippen LogP contribution is -2.58. The van der Waals surface area contributed by atoms with Gasteiger partial charge in [0.25, 0.3) is 11.8 Å². The zero-order chi connectivity index (χ0) is 17.5. The van der Waals surface area contributed by atoms with Crippen LogP contribution in [0.4, 0.5) is 0 Å². The van der Waals surface area contributed by atoms with E-state index in [9.17, 15) is 9.59 Å². The molecule has 1 fully saturated rings. The van der Waals surface area contributed by atoms with Gasteiger partial charge in [-0.15, -0.1) is 0 Å². The van der Waals surface area contributed by atoms with Gasteiger partial charge in [-0.05, 0) is 38.5 Å². The van der Waals surface area contributed by atoms with Crippen molar-refractivity contribution in [1.29, 1.82) is 0 Å². The number of H-pyrrole nitrogens is 1. The highest BCUT2D eigenvalue weighted by Crippen LogP contribution is 2.27. The molecule has 2 aromatic rings. The smallest absolute Gasteiger partial charge is 0.254 e. The van der Waals surface area contributed by atoms with Crippen molar-refractivity contribution in [2.75, 3.05) is 26.7 Å². The minimum absolute atomic E-state index is 0.0684. The van der Waals surface area contributed by atoms with Gasteiger partial charge in [-0.2, -0.15) is 0 Å². The molecule has 0 aliphatic carbocycles. The summed E-state index contributed by atoms with van der Waals surface area (Å²) in [6.07, 6.45) is 0. The van der Waals surface area contributed by atoms with Crippen molar-refractivity contribution in [2.45, 2.75) is 26.4 Å². The van der Waals surface area contributed by atoms with Gasteiger partial charge < -0.3 is 19.9 Å². The molecular formula is C18H23N3O3. The normalized spacial score (nSPS) is 21.1. The quantitative estimate of drug-likeness (QED) is 0.882. The first-order chi connectivity index (χ1) is 11.4. The van der Waals surface area contributed by atoms with E-state index in [0.717, 1.165) is 22.2 Å². The van der Waals surface area contributed by atoms with Crippen molar-refractivity contribution in [3.05, 3.63) is 35.0 Å². The van der Waals surface area contributed by atoms with E-state index >= 15 is 0 Å². The number of aromatic nitrogens is 1. The van der Waals surface area contributed by atoms with E-state index in [2.05, 4.69) is 10.3 Å². The van der Waals surface area contributed by atoms with Crippen molar-refractivity contribution in [3.63, 3.8) is 0 Å². The van der Waals surface area contributed by atoms with Crippen LogP contribution in [-0.2, 0) is 9.53 Å². The third-order valence-electron chi connectivity index (χ3n) is 4.82. The minimum Gasteiger partial charge on any atom is -0.362 e. The molecule has 0 saturated carbocycles. The molecule has 1 atom stereocenters. The number of likely N-dealkylation sites (N-methyl/N-ethyl adjacent to an activating group) is 1. The van der Waals surface area contributed by atoms with Gasteiger partial charge in [0.15, 0.2) is 5.60 Å². The summed E-state index contributed by atoms with van der Waals surface area (Å²) < 4.78 is 5.64. The molecule has 128 valence electrons. The van der Waals surface area contributed by atoms with Gasteiger partial charge in [0.2, 0.25) is 0 Å². The maximum Gasteiger partial charge on any atom is 0.254 e. The lowest BCUT2D eigenvalue weighted by Gasteiger charge is -2.39. The molecule has 1 aliphatic heterocycles. The number of nitrogens with one attached hydrogen (secondary N) is 2. The van der Waals surface area contributed by atoms with Crippen LogP contribution >= 0.6 is 0 Å². The summed E-state index contributed by atoms with van der Waals surface area (Å²) in [5, 5.41) is 3.56. The van der Waals surface area contributed by atoms with Gasteiger partial charge in [-0.3, -0.25) is 9.59 Å². The first-order valence-electron chi connectivity index (χ1n) is 8.10. The highest BCUT2D eigenvalue weighted by molar-refractivity contribution is 6.08. The van der Waals surface area contributed by atoms with E-state index in [1.807, 2.05) is 32.0 Å². The van der Waals surface area contributed by atoms with Gasteiger partial charge >= 0.3 is 0 Å². The Labute approximate surface area is 141 Å². The van der Waals surface area contributed by atoms with Crippen LogP contribution in [0.15, 0.2) is 18.2 Å². The number of carbonyl (C=O) groups excluding carboxylic acids is 2. The third-order valence-corrected chi connectivity index (χ3v) is 4.82. The van der Waals surface area contributed by atoms with Gasteiger partial charge in [0.1, 0.15) is 0 Å². The van der Waals surface area contributed by atoms with Crippen molar-refractivity contribution in [1.82, 2.24) is 15.2 Å². The molecular weight excluding hydrogens is 306 g/mol. The van der Waals surface area contributed by atoms with Crippen molar-refractivity contribution < 1.29 is 14.3 Å². The number of benzene rings is 1. The Balaban J connectivity index is 1.96. The molecule has 0 spiro atoms. The van der Waals surface area contributed by atoms with Crippen LogP contribution in [0.25, 0.3) is 10.9 Å². The second-order valence-corrected chi connectivity index (χ2v) is 6.49. The molecule has 6 heteroatoms. The molecule has 0 bridgehead atoms. The number of morpholine rings is 1. The largest absolute Gasteiger partial charge is 0.362 e. The maximum absolute atomic E-state index is 13.1. The van der Waals surface area contributed by atoms with Gasteiger partial charge in [0, 0.05) is 35.8 Å². The fourth-order valence-corrected chi connectivity index (χ4v) is 3.34. The first-order valence-corrected chi connectivity index (χ1v) is 8.10. The van der Waals surface area contributed by atoms with Crippen molar-refractivity contribution >= 4 is 22.7 Å².